The van der Waals surface area contributed by atoms with Gasteiger partial charge in [0.15, 0.2) is 6.10 Å². The van der Waals surface area contributed by atoms with Gasteiger partial charge < -0.3 is 9.74 Å². The van der Waals surface area contributed by atoms with E-state index in [0.717, 1.165) is 23.3 Å². The molecule has 1 aliphatic heterocycles. The van der Waals surface area contributed by atoms with Crippen LogP contribution in [0.15, 0.2) is 59.8 Å². The molecular formula is C23H28N2O2. The zero-order valence-corrected chi connectivity index (χ0v) is 16.4. The van der Waals surface area contributed by atoms with Gasteiger partial charge >= 0.3 is 0 Å². The molecule has 4 nitrogen and oxygen atoms in total. The number of carbonyl (C=O) groups is 1. The topological polar surface area (TPSA) is 41.9 Å². The lowest BCUT2D eigenvalue weighted by Gasteiger charge is -2.26. The number of rotatable bonds is 7. The number of carbonyl (C=O) groups excluding carboxylic acids is 1. The summed E-state index contributed by atoms with van der Waals surface area (Å²) in [4.78, 5) is 20.4. The fourth-order valence-corrected chi connectivity index (χ4v) is 3.36. The van der Waals surface area contributed by atoms with Crippen molar-refractivity contribution in [3.63, 3.8) is 0 Å². The Labute approximate surface area is 161 Å². The molecule has 27 heavy (non-hydrogen) atoms. The van der Waals surface area contributed by atoms with Gasteiger partial charge in [0.05, 0.1) is 12.3 Å². The van der Waals surface area contributed by atoms with Crippen LogP contribution in [0.4, 0.5) is 0 Å². The molecule has 1 atom stereocenters. The summed E-state index contributed by atoms with van der Waals surface area (Å²) in [6.07, 6.45) is 1.18. The number of benzene rings is 2. The SMILES string of the molecule is Cc1ccccc1C1=NO[C@@H](CN(Cc2ccccc2)C(=O)CC(C)C)C1. The largest absolute Gasteiger partial charge is 0.390 e. The molecule has 0 radical (unpaired) electrons. The van der Waals surface area contributed by atoms with Crippen LogP contribution in [-0.4, -0.2) is 29.2 Å². The maximum atomic E-state index is 12.8. The molecule has 4 heteroatoms. The Balaban J connectivity index is 1.67. The quantitative estimate of drug-likeness (QED) is 0.722. The van der Waals surface area contributed by atoms with Gasteiger partial charge in [-0.15, -0.1) is 0 Å². The first kappa shape index (κ1) is 19.2. The van der Waals surface area contributed by atoms with Gasteiger partial charge in [-0.05, 0) is 24.0 Å². The van der Waals surface area contributed by atoms with E-state index in [4.69, 9.17) is 4.84 Å². The Hall–Kier alpha value is -2.62. The maximum Gasteiger partial charge on any atom is 0.223 e. The second-order valence-corrected chi connectivity index (χ2v) is 7.64. The van der Waals surface area contributed by atoms with Gasteiger partial charge in [-0.25, -0.2) is 0 Å². The predicted molar refractivity (Wildman–Crippen MR) is 109 cm³/mol. The third kappa shape index (κ3) is 5.19. The van der Waals surface area contributed by atoms with Crippen LogP contribution in [0.25, 0.3) is 0 Å². The van der Waals surface area contributed by atoms with E-state index in [0.29, 0.717) is 25.4 Å². The third-order valence-corrected chi connectivity index (χ3v) is 4.76. The fraction of sp³-hybridized carbons (Fsp3) is 0.391. The highest BCUT2D eigenvalue weighted by atomic mass is 16.6. The third-order valence-electron chi connectivity index (χ3n) is 4.76. The van der Waals surface area contributed by atoms with Crippen molar-refractivity contribution in [2.45, 2.75) is 46.3 Å². The summed E-state index contributed by atoms with van der Waals surface area (Å²) in [7, 11) is 0. The highest BCUT2D eigenvalue weighted by Gasteiger charge is 2.27. The first-order chi connectivity index (χ1) is 13.0. The van der Waals surface area contributed by atoms with Gasteiger partial charge in [0.25, 0.3) is 0 Å². The van der Waals surface area contributed by atoms with E-state index in [1.165, 1.54) is 5.56 Å². The standard InChI is InChI=1S/C23H28N2O2/c1-17(2)13-23(26)25(15-19-10-5-4-6-11-19)16-20-14-22(24-27-20)21-12-8-7-9-18(21)3/h4-12,17,20H,13-16H2,1-3H3/t20-/m1/s1. The minimum absolute atomic E-state index is 0.0977. The van der Waals surface area contributed by atoms with Gasteiger partial charge in [-0.1, -0.05) is 73.6 Å². The molecule has 0 aliphatic carbocycles. The average molecular weight is 364 g/mol. The van der Waals surface area contributed by atoms with Crippen molar-refractivity contribution in [1.29, 1.82) is 0 Å². The van der Waals surface area contributed by atoms with Gasteiger partial charge in [-0.2, -0.15) is 0 Å². The summed E-state index contributed by atoms with van der Waals surface area (Å²) in [5.74, 6) is 0.501. The van der Waals surface area contributed by atoms with Crippen molar-refractivity contribution in [3.05, 3.63) is 71.3 Å². The first-order valence-corrected chi connectivity index (χ1v) is 9.63. The minimum Gasteiger partial charge on any atom is -0.390 e. The van der Waals surface area contributed by atoms with E-state index in [1.54, 1.807) is 0 Å². The highest BCUT2D eigenvalue weighted by molar-refractivity contribution is 6.02. The molecule has 0 spiro atoms. The lowest BCUT2D eigenvalue weighted by atomic mass is 10.00. The smallest absolute Gasteiger partial charge is 0.223 e. The molecule has 0 aromatic heterocycles. The van der Waals surface area contributed by atoms with Crippen molar-refractivity contribution in [1.82, 2.24) is 4.90 Å². The number of hydrogen-bond donors (Lipinski definition) is 0. The summed E-state index contributed by atoms with van der Waals surface area (Å²) in [6, 6.07) is 18.3. The van der Waals surface area contributed by atoms with Crippen LogP contribution in [0.1, 0.15) is 43.4 Å². The van der Waals surface area contributed by atoms with Crippen LogP contribution in [0.2, 0.25) is 0 Å². The van der Waals surface area contributed by atoms with Crippen molar-refractivity contribution in [3.8, 4) is 0 Å². The molecule has 0 bridgehead atoms. The molecule has 0 fully saturated rings. The summed E-state index contributed by atoms with van der Waals surface area (Å²) >= 11 is 0. The molecule has 2 aromatic rings. The van der Waals surface area contributed by atoms with Crippen LogP contribution in [0.5, 0.6) is 0 Å². The lowest BCUT2D eigenvalue weighted by molar-refractivity contribution is -0.134. The molecule has 0 unspecified atom stereocenters. The number of nitrogens with zero attached hydrogens (tertiary/aromatic N) is 2. The van der Waals surface area contributed by atoms with Crippen LogP contribution in [-0.2, 0) is 16.2 Å². The Bertz CT molecular complexity index is 799. The number of aryl methyl sites for hydroxylation is 1. The molecule has 1 aliphatic rings. The molecule has 1 amide bonds. The van der Waals surface area contributed by atoms with E-state index in [9.17, 15) is 4.79 Å². The second kappa shape index (κ2) is 8.85. The van der Waals surface area contributed by atoms with E-state index < -0.39 is 0 Å². The normalized spacial score (nSPS) is 16.1. The highest BCUT2D eigenvalue weighted by Crippen LogP contribution is 2.21. The molecule has 2 aromatic carbocycles. The summed E-state index contributed by atoms with van der Waals surface area (Å²) in [5, 5.41) is 4.31. The van der Waals surface area contributed by atoms with E-state index in [2.05, 4.69) is 50.2 Å². The van der Waals surface area contributed by atoms with Gasteiger partial charge in [0.1, 0.15) is 0 Å². The molecule has 142 valence electrons. The summed E-state index contributed by atoms with van der Waals surface area (Å²) < 4.78 is 0. The first-order valence-electron chi connectivity index (χ1n) is 9.63. The zero-order valence-electron chi connectivity index (χ0n) is 16.4. The van der Waals surface area contributed by atoms with E-state index in [1.807, 2.05) is 35.2 Å². The molecular weight excluding hydrogens is 336 g/mol. The molecule has 0 saturated heterocycles. The van der Waals surface area contributed by atoms with E-state index in [-0.39, 0.29) is 12.0 Å². The van der Waals surface area contributed by atoms with Gasteiger partial charge in [0, 0.05) is 24.9 Å². The maximum absolute atomic E-state index is 12.8. The summed E-state index contributed by atoms with van der Waals surface area (Å²) in [5.41, 5.74) is 4.42. The van der Waals surface area contributed by atoms with Crippen LogP contribution in [0.3, 0.4) is 0 Å². The van der Waals surface area contributed by atoms with Gasteiger partial charge in [-0.3, -0.25) is 4.79 Å². The molecule has 0 saturated carbocycles. The van der Waals surface area contributed by atoms with Crippen LogP contribution >= 0.6 is 0 Å². The lowest BCUT2D eigenvalue weighted by Crippen LogP contribution is -2.37. The van der Waals surface area contributed by atoms with Crippen molar-refractivity contribution in [2.75, 3.05) is 6.54 Å². The zero-order chi connectivity index (χ0) is 19.2. The Morgan fingerprint density at radius 1 is 1.15 bits per heavy atom. The minimum atomic E-state index is -0.0977. The Morgan fingerprint density at radius 2 is 1.85 bits per heavy atom. The van der Waals surface area contributed by atoms with Crippen LogP contribution in [0, 0.1) is 12.8 Å². The monoisotopic (exact) mass is 364 g/mol. The molecule has 3 rings (SSSR count). The Morgan fingerprint density at radius 3 is 2.56 bits per heavy atom. The number of amides is 1. The van der Waals surface area contributed by atoms with Crippen molar-refractivity contribution in [2.24, 2.45) is 11.1 Å². The second-order valence-electron chi connectivity index (χ2n) is 7.64. The van der Waals surface area contributed by atoms with Gasteiger partial charge in [0.2, 0.25) is 5.91 Å². The predicted octanol–water partition coefficient (Wildman–Crippen LogP) is 4.56. The number of oxime groups is 1. The van der Waals surface area contributed by atoms with Crippen LogP contribution < -0.4 is 0 Å². The fourth-order valence-electron chi connectivity index (χ4n) is 3.36. The summed E-state index contributed by atoms with van der Waals surface area (Å²) in [6.45, 7) is 7.39. The van der Waals surface area contributed by atoms with Crippen molar-refractivity contribution < 1.29 is 9.63 Å². The average Bonchev–Trinajstić information content (AvgIpc) is 3.10. The molecule has 0 N–H and O–H groups in total. The van der Waals surface area contributed by atoms with E-state index >= 15 is 0 Å². The number of hydrogen-bond acceptors (Lipinski definition) is 3. The molecule has 1 heterocycles. The van der Waals surface area contributed by atoms with Crippen molar-refractivity contribution >= 4 is 11.6 Å². The Kier molecular flexibility index (Phi) is 6.28.